The number of carbonyl (C=O) groups excluding carboxylic acids is 1. The Balaban J connectivity index is 1.53. The summed E-state index contributed by atoms with van der Waals surface area (Å²) in [5, 5.41) is 2.65. The van der Waals surface area contributed by atoms with Crippen molar-refractivity contribution in [2.75, 3.05) is 23.3 Å². The molecule has 2 aliphatic rings. The Morgan fingerprint density at radius 2 is 1.71 bits per heavy atom. The molecule has 0 radical (unpaired) electrons. The van der Waals surface area contributed by atoms with Crippen LogP contribution in [0.4, 0.5) is 15.8 Å². The van der Waals surface area contributed by atoms with Crippen LogP contribution in [0.3, 0.4) is 0 Å². The van der Waals surface area contributed by atoms with Crippen LogP contribution in [0.5, 0.6) is 0 Å². The molecule has 1 saturated heterocycles. The Labute approximate surface area is 163 Å². The summed E-state index contributed by atoms with van der Waals surface area (Å²) in [5.74, 6) is -0.977. The molecule has 1 saturated carbocycles. The average molecular weight is 403 g/mol. The first-order valence-electron chi connectivity index (χ1n) is 9.41. The number of benzene rings is 2. The van der Waals surface area contributed by atoms with Crippen LogP contribution < -0.4 is 14.9 Å². The van der Waals surface area contributed by atoms with Crippen molar-refractivity contribution in [1.29, 1.82) is 0 Å². The molecule has 8 heteroatoms. The summed E-state index contributed by atoms with van der Waals surface area (Å²) in [7, 11) is -3.57. The van der Waals surface area contributed by atoms with Crippen LogP contribution >= 0.6 is 0 Å². The van der Waals surface area contributed by atoms with Gasteiger partial charge >= 0.3 is 0 Å². The number of sulfonamides is 1. The van der Waals surface area contributed by atoms with Gasteiger partial charge in [-0.2, -0.15) is 0 Å². The lowest BCUT2D eigenvalue weighted by atomic mass is 10.2. The fourth-order valence-corrected chi connectivity index (χ4v) is 4.62. The number of para-hydroxylation sites is 1. The molecule has 4 rings (SSSR count). The van der Waals surface area contributed by atoms with Crippen molar-refractivity contribution in [3.63, 3.8) is 0 Å². The van der Waals surface area contributed by atoms with Gasteiger partial charge in [-0.3, -0.25) is 4.79 Å². The van der Waals surface area contributed by atoms with Crippen LogP contribution in [0.1, 0.15) is 36.0 Å². The van der Waals surface area contributed by atoms with Gasteiger partial charge < -0.3 is 10.2 Å². The van der Waals surface area contributed by atoms with Crippen molar-refractivity contribution < 1.29 is 17.6 Å². The lowest BCUT2D eigenvalue weighted by Gasteiger charge is -2.22. The van der Waals surface area contributed by atoms with Gasteiger partial charge in [0.1, 0.15) is 11.5 Å². The van der Waals surface area contributed by atoms with Gasteiger partial charge in [-0.05, 0) is 62.1 Å². The molecule has 2 fully saturated rings. The highest BCUT2D eigenvalue weighted by Gasteiger charge is 2.28. The van der Waals surface area contributed by atoms with E-state index in [1.54, 1.807) is 12.1 Å². The van der Waals surface area contributed by atoms with Gasteiger partial charge in [-0.1, -0.05) is 6.07 Å². The van der Waals surface area contributed by atoms with Crippen molar-refractivity contribution in [3.8, 4) is 0 Å². The average Bonchev–Trinajstić information content (AvgIpc) is 3.31. The van der Waals surface area contributed by atoms with E-state index in [0.717, 1.165) is 38.8 Å². The second-order valence-corrected chi connectivity index (χ2v) is 8.92. The number of nitrogens with zero attached hydrogens (tertiary/aromatic N) is 1. The monoisotopic (exact) mass is 403 g/mol. The predicted molar refractivity (Wildman–Crippen MR) is 106 cm³/mol. The standard InChI is InChI=1S/C20H22FN3O3S/c21-17-4-3-5-18(24-12-1-2-13-24)19(17)22-20(25)14-6-10-16(11-7-14)28(26,27)23-15-8-9-15/h3-7,10-11,15,23H,1-2,8-9,12-13H2,(H,22,25). The van der Waals surface area contributed by atoms with E-state index in [4.69, 9.17) is 0 Å². The van der Waals surface area contributed by atoms with Crippen molar-refractivity contribution in [1.82, 2.24) is 4.72 Å². The predicted octanol–water partition coefficient (Wildman–Crippen LogP) is 3.12. The maximum atomic E-state index is 14.4. The van der Waals surface area contributed by atoms with Crippen LogP contribution in [-0.4, -0.2) is 33.5 Å². The molecule has 0 spiro atoms. The molecule has 1 heterocycles. The maximum absolute atomic E-state index is 14.4. The van der Waals surface area contributed by atoms with E-state index in [1.807, 2.05) is 0 Å². The van der Waals surface area contributed by atoms with E-state index < -0.39 is 21.7 Å². The normalized spacial score (nSPS) is 17.0. The first-order valence-corrected chi connectivity index (χ1v) is 10.9. The molecule has 2 aromatic rings. The second-order valence-electron chi connectivity index (χ2n) is 7.20. The summed E-state index contributed by atoms with van der Waals surface area (Å²) in [6.45, 7) is 1.65. The SMILES string of the molecule is O=C(Nc1c(F)cccc1N1CCCC1)c1ccc(S(=O)(=O)NC2CC2)cc1. The highest BCUT2D eigenvalue weighted by molar-refractivity contribution is 7.89. The van der Waals surface area contributed by atoms with E-state index in [-0.39, 0.29) is 22.2 Å². The van der Waals surface area contributed by atoms with E-state index in [9.17, 15) is 17.6 Å². The third-order valence-corrected chi connectivity index (χ3v) is 6.54. The molecule has 2 aromatic carbocycles. The molecule has 1 aliphatic carbocycles. The zero-order valence-corrected chi connectivity index (χ0v) is 16.1. The molecule has 0 unspecified atom stereocenters. The number of hydrogen-bond acceptors (Lipinski definition) is 4. The third-order valence-electron chi connectivity index (χ3n) is 5.00. The molecular weight excluding hydrogens is 381 g/mol. The lowest BCUT2D eigenvalue weighted by molar-refractivity contribution is 0.102. The first-order chi connectivity index (χ1) is 13.4. The summed E-state index contributed by atoms with van der Waals surface area (Å²) in [5.41, 5.74) is 1.08. The highest BCUT2D eigenvalue weighted by Crippen LogP contribution is 2.31. The zero-order chi connectivity index (χ0) is 19.7. The van der Waals surface area contributed by atoms with Crippen LogP contribution in [-0.2, 0) is 10.0 Å². The van der Waals surface area contributed by atoms with Gasteiger partial charge in [0.15, 0.2) is 0 Å². The number of anilines is 2. The van der Waals surface area contributed by atoms with Gasteiger partial charge in [-0.15, -0.1) is 0 Å². The number of nitrogens with one attached hydrogen (secondary N) is 2. The quantitative estimate of drug-likeness (QED) is 0.777. The van der Waals surface area contributed by atoms with Gasteiger partial charge in [0.05, 0.1) is 10.6 Å². The molecule has 6 nitrogen and oxygen atoms in total. The van der Waals surface area contributed by atoms with Crippen molar-refractivity contribution >= 4 is 27.3 Å². The molecule has 1 aliphatic heterocycles. The zero-order valence-electron chi connectivity index (χ0n) is 15.3. The number of rotatable bonds is 6. The Kier molecular flexibility index (Phi) is 5.07. The van der Waals surface area contributed by atoms with E-state index in [2.05, 4.69) is 14.9 Å². The highest BCUT2D eigenvalue weighted by atomic mass is 32.2. The number of halogens is 1. The molecule has 0 aromatic heterocycles. The third kappa shape index (κ3) is 4.02. The Hall–Kier alpha value is -2.45. The van der Waals surface area contributed by atoms with Crippen LogP contribution in [0, 0.1) is 5.82 Å². The van der Waals surface area contributed by atoms with Crippen LogP contribution in [0.2, 0.25) is 0 Å². The summed E-state index contributed by atoms with van der Waals surface area (Å²) in [6, 6.07) is 10.4. The lowest BCUT2D eigenvalue weighted by Crippen LogP contribution is -2.25. The number of carbonyl (C=O) groups is 1. The van der Waals surface area contributed by atoms with Crippen molar-refractivity contribution in [2.45, 2.75) is 36.6 Å². The maximum Gasteiger partial charge on any atom is 0.255 e. The van der Waals surface area contributed by atoms with Gasteiger partial charge in [0.2, 0.25) is 10.0 Å². The molecule has 0 bridgehead atoms. The smallest absolute Gasteiger partial charge is 0.255 e. The molecule has 0 atom stereocenters. The van der Waals surface area contributed by atoms with E-state index in [1.165, 1.54) is 30.3 Å². The van der Waals surface area contributed by atoms with Gasteiger partial charge in [0, 0.05) is 24.7 Å². The van der Waals surface area contributed by atoms with Gasteiger partial charge in [-0.25, -0.2) is 17.5 Å². The summed E-state index contributed by atoms with van der Waals surface area (Å²) < 4.78 is 41.4. The first kappa shape index (κ1) is 18.9. The fraction of sp³-hybridized carbons (Fsp3) is 0.350. The molecular formula is C20H22FN3O3S. The Morgan fingerprint density at radius 1 is 1.04 bits per heavy atom. The molecule has 28 heavy (non-hydrogen) atoms. The molecule has 1 amide bonds. The van der Waals surface area contributed by atoms with Crippen molar-refractivity contribution in [3.05, 3.63) is 53.8 Å². The fourth-order valence-electron chi connectivity index (χ4n) is 3.32. The van der Waals surface area contributed by atoms with E-state index in [0.29, 0.717) is 5.69 Å². The van der Waals surface area contributed by atoms with Crippen molar-refractivity contribution in [2.24, 2.45) is 0 Å². The number of amides is 1. The summed E-state index contributed by atoms with van der Waals surface area (Å²) in [6.07, 6.45) is 3.77. The Morgan fingerprint density at radius 3 is 2.36 bits per heavy atom. The molecule has 148 valence electrons. The topological polar surface area (TPSA) is 78.5 Å². The van der Waals surface area contributed by atoms with Crippen LogP contribution in [0.15, 0.2) is 47.4 Å². The minimum absolute atomic E-state index is 0.0121. The minimum Gasteiger partial charge on any atom is -0.370 e. The van der Waals surface area contributed by atoms with E-state index >= 15 is 0 Å². The summed E-state index contributed by atoms with van der Waals surface area (Å²) in [4.78, 5) is 14.8. The van der Waals surface area contributed by atoms with Crippen LogP contribution in [0.25, 0.3) is 0 Å². The minimum atomic E-state index is -3.57. The Bertz CT molecular complexity index is 982. The molecule has 2 N–H and O–H groups in total. The number of hydrogen-bond donors (Lipinski definition) is 2. The second kappa shape index (κ2) is 7.52. The van der Waals surface area contributed by atoms with Gasteiger partial charge in [0.25, 0.3) is 5.91 Å². The largest absolute Gasteiger partial charge is 0.370 e. The summed E-state index contributed by atoms with van der Waals surface area (Å²) >= 11 is 0.